The fourth-order valence-corrected chi connectivity index (χ4v) is 3.32. The van der Waals surface area contributed by atoms with Gasteiger partial charge in [-0.1, -0.05) is 37.9 Å². The summed E-state index contributed by atoms with van der Waals surface area (Å²) in [5.41, 5.74) is 0.954. The Morgan fingerprint density at radius 2 is 2.21 bits per heavy atom. The van der Waals surface area contributed by atoms with Crippen molar-refractivity contribution >= 4 is 31.9 Å². The number of nitrogens with zero attached hydrogens (tertiary/aromatic N) is 1. The zero-order valence-electron chi connectivity index (χ0n) is 11.1. The molecule has 1 aliphatic rings. The van der Waals surface area contributed by atoms with E-state index in [1.807, 2.05) is 6.07 Å². The topological polar surface area (TPSA) is 12.5 Å². The van der Waals surface area contributed by atoms with Gasteiger partial charge in [-0.3, -0.25) is 4.90 Å². The molecular formula is C14H18Br2FNO. The highest BCUT2D eigenvalue weighted by molar-refractivity contribution is 9.10. The van der Waals surface area contributed by atoms with Gasteiger partial charge in [-0.25, -0.2) is 4.39 Å². The minimum Gasteiger partial charge on any atom is -0.369 e. The van der Waals surface area contributed by atoms with E-state index in [1.165, 1.54) is 12.1 Å². The van der Waals surface area contributed by atoms with Gasteiger partial charge < -0.3 is 4.74 Å². The largest absolute Gasteiger partial charge is 0.369 e. The molecule has 0 N–H and O–H groups in total. The number of ether oxygens (including phenoxy) is 1. The van der Waals surface area contributed by atoms with Crippen molar-refractivity contribution in [3.63, 3.8) is 0 Å². The highest BCUT2D eigenvalue weighted by Crippen LogP contribution is 2.26. The molecule has 0 amide bonds. The predicted molar refractivity (Wildman–Crippen MR) is 82.1 cm³/mol. The molecule has 2 nitrogen and oxygen atoms in total. The zero-order valence-corrected chi connectivity index (χ0v) is 14.3. The average Bonchev–Trinajstić information content (AvgIpc) is 2.31. The van der Waals surface area contributed by atoms with E-state index in [0.717, 1.165) is 35.0 Å². The summed E-state index contributed by atoms with van der Waals surface area (Å²) < 4.78 is 19.9. The quantitative estimate of drug-likeness (QED) is 0.719. The molecule has 5 heteroatoms. The first-order chi connectivity index (χ1) is 8.89. The lowest BCUT2D eigenvalue weighted by atomic mass is 10.0. The molecule has 1 saturated heterocycles. The van der Waals surface area contributed by atoms with Crippen molar-refractivity contribution in [3.05, 3.63) is 34.1 Å². The average molecular weight is 395 g/mol. The first-order valence-electron chi connectivity index (χ1n) is 6.30. The Morgan fingerprint density at radius 1 is 1.47 bits per heavy atom. The Hall–Kier alpha value is 0.0300. The predicted octanol–water partition coefficient (Wildman–Crippen LogP) is 3.96. The van der Waals surface area contributed by atoms with Crippen molar-refractivity contribution in [1.29, 1.82) is 0 Å². The number of hydrogen-bond donors (Lipinski definition) is 0. The summed E-state index contributed by atoms with van der Waals surface area (Å²) in [5, 5.41) is 0.831. The lowest BCUT2D eigenvalue weighted by Gasteiger charge is -2.42. The van der Waals surface area contributed by atoms with Crippen LogP contribution in [0.25, 0.3) is 0 Å². The van der Waals surface area contributed by atoms with Gasteiger partial charge in [-0.2, -0.15) is 0 Å². The van der Waals surface area contributed by atoms with Crippen LogP contribution in [0.15, 0.2) is 22.7 Å². The Balaban J connectivity index is 2.09. The number of hydrogen-bond acceptors (Lipinski definition) is 2. The van der Waals surface area contributed by atoms with Crippen molar-refractivity contribution in [2.75, 3.05) is 18.4 Å². The molecule has 0 radical (unpaired) electrons. The van der Waals surface area contributed by atoms with E-state index in [-0.39, 0.29) is 17.5 Å². The molecule has 1 unspecified atom stereocenters. The van der Waals surface area contributed by atoms with Crippen LogP contribution in [-0.4, -0.2) is 35.0 Å². The fourth-order valence-electron chi connectivity index (χ4n) is 2.51. The van der Waals surface area contributed by atoms with E-state index < -0.39 is 0 Å². The third kappa shape index (κ3) is 4.25. The maximum absolute atomic E-state index is 13.1. The molecule has 2 rings (SSSR count). The van der Waals surface area contributed by atoms with Gasteiger partial charge in [-0.05, 0) is 31.5 Å². The fraction of sp³-hybridized carbons (Fsp3) is 0.571. The summed E-state index contributed by atoms with van der Waals surface area (Å²) >= 11 is 6.92. The van der Waals surface area contributed by atoms with Crippen LogP contribution in [0.2, 0.25) is 0 Å². The highest BCUT2D eigenvalue weighted by atomic mass is 79.9. The van der Waals surface area contributed by atoms with E-state index in [1.54, 1.807) is 0 Å². The molecule has 0 bridgehead atoms. The molecule has 1 aromatic rings. The van der Waals surface area contributed by atoms with Crippen LogP contribution >= 0.6 is 31.9 Å². The van der Waals surface area contributed by atoms with Crippen LogP contribution in [0.4, 0.5) is 4.39 Å². The molecule has 1 fully saturated rings. The number of benzene rings is 1. The molecule has 0 saturated carbocycles. The second-order valence-electron chi connectivity index (χ2n) is 5.56. The van der Waals surface area contributed by atoms with Crippen LogP contribution in [0.1, 0.15) is 19.4 Å². The molecule has 1 atom stereocenters. The van der Waals surface area contributed by atoms with E-state index in [0.29, 0.717) is 0 Å². The van der Waals surface area contributed by atoms with Crippen LogP contribution in [0, 0.1) is 5.82 Å². The Labute approximate surface area is 130 Å². The van der Waals surface area contributed by atoms with Gasteiger partial charge in [0.1, 0.15) is 5.82 Å². The van der Waals surface area contributed by atoms with Crippen LogP contribution in [0.5, 0.6) is 0 Å². The van der Waals surface area contributed by atoms with Crippen molar-refractivity contribution in [1.82, 2.24) is 4.90 Å². The minimum atomic E-state index is -0.212. The number of alkyl halides is 1. The van der Waals surface area contributed by atoms with Gasteiger partial charge in [0.05, 0.1) is 11.7 Å². The van der Waals surface area contributed by atoms with Gasteiger partial charge in [0.25, 0.3) is 0 Å². The zero-order chi connectivity index (χ0) is 14.0. The molecule has 19 heavy (non-hydrogen) atoms. The normalized spacial score (nSPS) is 23.5. The summed E-state index contributed by atoms with van der Waals surface area (Å²) in [6.07, 6.45) is 0.197. The van der Waals surface area contributed by atoms with E-state index in [9.17, 15) is 4.39 Å². The van der Waals surface area contributed by atoms with Gasteiger partial charge in [0, 0.05) is 29.4 Å². The molecule has 0 spiro atoms. The summed E-state index contributed by atoms with van der Waals surface area (Å²) in [7, 11) is 0. The van der Waals surface area contributed by atoms with Gasteiger partial charge in [0.2, 0.25) is 0 Å². The second kappa shape index (κ2) is 6.20. The van der Waals surface area contributed by atoms with Crippen molar-refractivity contribution in [3.8, 4) is 0 Å². The number of rotatable bonds is 3. The first-order valence-corrected chi connectivity index (χ1v) is 8.21. The second-order valence-corrected chi connectivity index (χ2v) is 7.06. The number of morpholine rings is 1. The lowest BCUT2D eigenvalue weighted by molar-refractivity contribution is -0.128. The third-order valence-corrected chi connectivity index (χ3v) is 4.59. The molecule has 0 aromatic heterocycles. The van der Waals surface area contributed by atoms with Gasteiger partial charge >= 0.3 is 0 Å². The molecule has 1 aromatic carbocycles. The Kier molecular flexibility index (Phi) is 5.04. The third-order valence-electron chi connectivity index (χ3n) is 3.13. The summed E-state index contributed by atoms with van der Waals surface area (Å²) in [5.74, 6) is -0.212. The standard InChI is InChI=1S/C14H18Br2FNO/c1-14(2)9-18(8-12(6-15)19-14)7-10-3-4-11(17)5-13(10)16/h3-5,12H,6-9H2,1-2H3. The minimum absolute atomic E-state index is 0.150. The SMILES string of the molecule is CC1(C)CN(Cc2ccc(F)cc2Br)CC(CBr)O1. The van der Waals surface area contributed by atoms with Crippen molar-refractivity contribution in [2.24, 2.45) is 0 Å². The maximum Gasteiger partial charge on any atom is 0.124 e. The molecule has 1 heterocycles. The summed E-state index contributed by atoms with van der Waals surface area (Å²) in [6.45, 7) is 6.78. The molecule has 0 aliphatic carbocycles. The van der Waals surface area contributed by atoms with E-state index >= 15 is 0 Å². The number of halogens is 3. The van der Waals surface area contributed by atoms with E-state index in [4.69, 9.17) is 4.74 Å². The van der Waals surface area contributed by atoms with Crippen LogP contribution < -0.4 is 0 Å². The van der Waals surface area contributed by atoms with E-state index in [2.05, 4.69) is 50.6 Å². The Morgan fingerprint density at radius 3 is 2.84 bits per heavy atom. The monoisotopic (exact) mass is 393 g/mol. The highest BCUT2D eigenvalue weighted by Gasteiger charge is 2.32. The van der Waals surface area contributed by atoms with Crippen LogP contribution in [0.3, 0.4) is 0 Å². The van der Waals surface area contributed by atoms with Crippen molar-refractivity contribution < 1.29 is 9.13 Å². The van der Waals surface area contributed by atoms with Crippen LogP contribution in [-0.2, 0) is 11.3 Å². The molecule has 1 aliphatic heterocycles. The summed E-state index contributed by atoms with van der Waals surface area (Å²) in [6, 6.07) is 4.86. The van der Waals surface area contributed by atoms with Gasteiger partial charge in [-0.15, -0.1) is 0 Å². The smallest absolute Gasteiger partial charge is 0.124 e. The molecular weight excluding hydrogens is 377 g/mol. The lowest BCUT2D eigenvalue weighted by Crippen LogP contribution is -2.52. The van der Waals surface area contributed by atoms with Gasteiger partial charge in [0.15, 0.2) is 0 Å². The summed E-state index contributed by atoms with van der Waals surface area (Å²) in [4.78, 5) is 2.35. The Bertz CT molecular complexity index is 453. The first kappa shape index (κ1) is 15.4. The maximum atomic E-state index is 13.1. The molecule has 106 valence electrons. The van der Waals surface area contributed by atoms with Crippen molar-refractivity contribution in [2.45, 2.75) is 32.1 Å².